The highest BCUT2D eigenvalue weighted by Crippen LogP contribution is 2.29. The van der Waals surface area contributed by atoms with Crippen molar-refractivity contribution in [3.63, 3.8) is 0 Å². The van der Waals surface area contributed by atoms with E-state index in [2.05, 4.69) is 15.6 Å². The highest BCUT2D eigenvalue weighted by atomic mass is 32.1. The molecule has 0 aliphatic heterocycles. The van der Waals surface area contributed by atoms with Crippen LogP contribution in [0.15, 0.2) is 5.38 Å². The zero-order valence-electron chi connectivity index (χ0n) is 15.2. The molecule has 0 radical (unpaired) electrons. The Bertz CT molecular complexity index is 665. The van der Waals surface area contributed by atoms with Crippen molar-refractivity contribution in [2.45, 2.75) is 57.9 Å². The fourth-order valence-corrected chi connectivity index (χ4v) is 3.71. The number of aliphatic carboxylic acids is 1. The van der Waals surface area contributed by atoms with E-state index in [9.17, 15) is 14.4 Å². The molecule has 1 fully saturated rings. The third kappa shape index (κ3) is 4.94. The smallest absolute Gasteiger partial charge is 0.321 e. The molecule has 26 heavy (non-hydrogen) atoms. The second-order valence-electron chi connectivity index (χ2n) is 6.87. The van der Waals surface area contributed by atoms with Crippen LogP contribution in [-0.4, -0.2) is 40.7 Å². The highest BCUT2D eigenvalue weighted by molar-refractivity contribution is 7.14. The number of carboxylic acids is 1. The van der Waals surface area contributed by atoms with E-state index in [1.54, 1.807) is 26.2 Å². The van der Waals surface area contributed by atoms with Crippen molar-refractivity contribution >= 4 is 34.4 Å². The lowest BCUT2D eigenvalue weighted by molar-refractivity contribution is -0.149. The molecule has 0 bridgehead atoms. The van der Waals surface area contributed by atoms with Gasteiger partial charge in [0.05, 0.1) is 18.2 Å². The fourth-order valence-electron chi connectivity index (χ4n) is 2.84. The first-order valence-corrected chi connectivity index (χ1v) is 9.55. The van der Waals surface area contributed by atoms with Gasteiger partial charge in [-0.1, -0.05) is 0 Å². The number of nitrogens with zero attached hydrogens (tertiary/aromatic N) is 1. The number of urea groups is 1. The number of hydrogen-bond acceptors (Lipinski definition) is 6. The van der Waals surface area contributed by atoms with E-state index in [1.165, 1.54) is 11.3 Å². The SMILES string of the molecule is CCOC(=O)C(C)(C)c1csc(NC(=O)NC2CCC(C(=O)O)CC2)n1. The molecule has 1 aromatic rings. The van der Waals surface area contributed by atoms with E-state index >= 15 is 0 Å². The number of carbonyl (C=O) groups is 3. The maximum Gasteiger partial charge on any atom is 0.321 e. The summed E-state index contributed by atoms with van der Waals surface area (Å²) in [5.41, 5.74) is -0.351. The number of anilines is 1. The number of aromatic nitrogens is 1. The number of hydrogen-bond donors (Lipinski definition) is 3. The Hall–Kier alpha value is -2.16. The predicted octanol–water partition coefficient (Wildman–Crippen LogP) is 2.75. The van der Waals surface area contributed by atoms with Gasteiger partial charge in [0, 0.05) is 11.4 Å². The van der Waals surface area contributed by atoms with Gasteiger partial charge in [-0.25, -0.2) is 9.78 Å². The summed E-state index contributed by atoms with van der Waals surface area (Å²) in [5.74, 6) is -1.45. The molecule has 0 saturated heterocycles. The lowest BCUT2D eigenvalue weighted by Gasteiger charge is -2.26. The number of carboxylic acid groups (broad SMARTS) is 1. The van der Waals surface area contributed by atoms with Gasteiger partial charge in [-0.3, -0.25) is 14.9 Å². The van der Waals surface area contributed by atoms with Crippen LogP contribution in [0.2, 0.25) is 0 Å². The van der Waals surface area contributed by atoms with Crippen LogP contribution >= 0.6 is 11.3 Å². The van der Waals surface area contributed by atoms with Crippen molar-refractivity contribution < 1.29 is 24.2 Å². The van der Waals surface area contributed by atoms with Gasteiger partial charge >= 0.3 is 18.0 Å². The van der Waals surface area contributed by atoms with Gasteiger partial charge in [0.2, 0.25) is 0 Å². The van der Waals surface area contributed by atoms with E-state index in [0.29, 0.717) is 43.1 Å². The normalized spacial score (nSPS) is 20.3. The van der Waals surface area contributed by atoms with E-state index in [4.69, 9.17) is 9.84 Å². The molecule has 2 rings (SSSR count). The molecule has 0 spiro atoms. The zero-order valence-corrected chi connectivity index (χ0v) is 16.0. The van der Waals surface area contributed by atoms with E-state index < -0.39 is 11.4 Å². The molecule has 144 valence electrons. The molecule has 1 aliphatic rings. The van der Waals surface area contributed by atoms with E-state index in [0.717, 1.165) is 0 Å². The Morgan fingerprint density at radius 1 is 1.31 bits per heavy atom. The highest BCUT2D eigenvalue weighted by Gasteiger charge is 2.34. The number of ether oxygens (including phenoxy) is 1. The summed E-state index contributed by atoms with van der Waals surface area (Å²) in [6.45, 7) is 5.50. The minimum absolute atomic E-state index is 0.0407. The minimum Gasteiger partial charge on any atom is -0.481 e. The Balaban J connectivity index is 1.88. The molecule has 1 aromatic heterocycles. The molecule has 1 heterocycles. The fraction of sp³-hybridized carbons (Fsp3) is 0.647. The summed E-state index contributed by atoms with van der Waals surface area (Å²) in [6, 6.07) is -0.417. The topological polar surface area (TPSA) is 118 Å². The van der Waals surface area contributed by atoms with Crippen molar-refractivity contribution in [1.82, 2.24) is 10.3 Å². The minimum atomic E-state index is -0.891. The monoisotopic (exact) mass is 383 g/mol. The first-order chi connectivity index (χ1) is 12.2. The predicted molar refractivity (Wildman–Crippen MR) is 97.3 cm³/mol. The van der Waals surface area contributed by atoms with E-state index in [1.807, 2.05) is 0 Å². The number of nitrogens with one attached hydrogen (secondary N) is 2. The number of rotatable bonds is 6. The Morgan fingerprint density at radius 3 is 2.54 bits per heavy atom. The van der Waals surface area contributed by atoms with Crippen molar-refractivity contribution in [2.24, 2.45) is 5.92 Å². The van der Waals surface area contributed by atoms with Crippen LogP contribution < -0.4 is 10.6 Å². The molecular formula is C17H25N3O5S. The molecule has 1 saturated carbocycles. The molecule has 0 atom stereocenters. The Labute approximate surface area is 156 Å². The number of amides is 2. The van der Waals surface area contributed by atoms with Gasteiger partial charge in [0.1, 0.15) is 5.41 Å². The number of thiazole rings is 1. The van der Waals surface area contributed by atoms with Crippen LogP contribution in [0.4, 0.5) is 9.93 Å². The second kappa shape index (κ2) is 8.48. The van der Waals surface area contributed by atoms with Gasteiger partial charge in [0.15, 0.2) is 5.13 Å². The molecule has 0 aromatic carbocycles. The van der Waals surface area contributed by atoms with Crippen molar-refractivity contribution in [1.29, 1.82) is 0 Å². The van der Waals surface area contributed by atoms with Crippen molar-refractivity contribution in [3.8, 4) is 0 Å². The summed E-state index contributed by atoms with van der Waals surface area (Å²) in [4.78, 5) is 39.4. The van der Waals surface area contributed by atoms with Gasteiger partial charge in [-0.15, -0.1) is 11.3 Å². The largest absolute Gasteiger partial charge is 0.481 e. The summed E-state index contributed by atoms with van der Waals surface area (Å²) in [6.07, 6.45) is 2.41. The average molecular weight is 383 g/mol. The summed E-state index contributed by atoms with van der Waals surface area (Å²) in [5, 5.41) is 16.7. The molecule has 2 amide bonds. The quantitative estimate of drug-likeness (QED) is 0.650. The van der Waals surface area contributed by atoms with Gasteiger partial charge in [0.25, 0.3) is 0 Å². The summed E-state index contributed by atoms with van der Waals surface area (Å²) < 4.78 is 5.06. The van der Waals surface area contributed by atoms with Crippen LogP contribution in [0, 0.1) is 5.92 Å². The van der Waals surface area contributed by atoms with Gasteiger partial charge in [-0.05, 0) is 46.5 Å². The van der Waals surface area contributed by atoms with Crippen LogP contribution in [0.1, 0.15) is 52.1 Å². The molecule has 8 nitrogen and oxygen atoms in total. The lowest BCUT2D eigenvalue weighted by Crippen LogP contribution is -2.41. The Kier molecular flexibility index (Phi) is 6.57. The van der Waals surface area contributed by atoms with E-state index in [-0.39, 0.29) is 24.0 Å². The lowest BCUT2D eigenvalue weighted by atomic mass is 9.86. The second-order valence-corrected chi connectivity index (χ2v) is 7.73. The number of carbonyl (C=O) groups excluding carboxylic acids is 2. The van der Waals surface area contributed by atoms with Crippen LogP contribution in [0.25, 0.3) is 0 Å². The first kappa shape index (κ1) is 20.2. The van der Waals surface area contributed by atoms with Crippen molar-refractivity contribution in [2.75, 3.05) is 11.9 Å². The third-order valence-corrected chi connectivity index (χ3v) is 5.32. The average Bonchev–Trinajstić information content (AvgIpc) is 3.04. The van der Waals surface area contributed by atoms with Gasteiger partial charge < -0.3 is 15.2 Å². The first-order valence-electron chi connectivity index (χ1n) is 8.67. The molecule has 3 N–H and O–H groups in total. The zero-order chi connectivity index (χ0) is 19.3. The molecular weight excluding hydrogens is 358 g/mol. The summed E-state index contributed by atoms with van der Waals surface area (Å²) >= 11 is 1.24. The number of esters is 1. The molecule has 1 aliphatic carbocycles. The van der Waals surface area contributed by atoms with Gasteiger partial charge in [-0.2, -0.15) is 0 Å². The molecule has 9 heteroatoms. The standard InChI is InChI=1S/C17H25N3O5S/c1-4-25-14(23)17(2,3)12-9-26-16(19-12)20-15(24)18-11-7-5-10(6-8-11)13(21)22/h9-11H,4-8H2,1-3H3,(H,21,22)(H2,18,19,20,24). The third-order valence-electron chi connectivity index (χ3n) is 4.56. The molecule has 0 unspecified atom stereocenters. The van der Waals surface area contributed by atoms with Crippen LogP contribution in [0.3, 0.4) is 0 Å². The maximum atomic E-state index is 12.1. The maximum absolute atomic E-state index is 12.1. The van der Waals surface area contributed by atoms with Crippen LogP contribution in [-0.2, 0) is 19.7 Å². The summed E-state index contributed by atoms with van der Waals surface area (Å²) in [7, 11) is 0. The van der Waals surface area contributed by atoms with Crippen molar-refractivity contribution in [3.05, 3.63) is 11.1 Å². The van der Waals surface area contributed by atoms with Crippen LogP contribution in [0.5, 0.6) is 0 Å². The Morgan fingerprint density at radius 2 is 1.96 bits per heavy atom.